The van der Waals surface area contributed by atoms with Crippen molar-refractivity contribution in [1.29, 1.82) is 0 Å². The van der Waals surface area contributed by atoms with Crippen LogP contribution < -0.4 is 10.6 Å². The van der Waals surface area contributed by atoms with Crippen molar-refractivity contribution in [1.82, 2.24) is 9.97 Å². The summed E-state index contributed by atoms with van der Waals surface area (Å²) in [6.45, 7) is 7.20. The van der Waals surface area contributed by atoms with Crippen LogP contribution in [-0.2, 0) is 4.74 Å². The number of aromatic nitrogens is 2. The molecule has 1 heterocycles. The molecule has 0 amide bonds. The number of ether oxygens (including phenoxy) is 1. The second-order valence-corrected chi connectivity index (χ2v) is 4.19. The molecule has 1 aromatic rings. The lowest BCUT2D eigenvalue weighted by Gasteiger charge is -2.22. The number of nitrogen functional groups attached to an aromatic ring is 1. The average Bonchev–Trinajstić information content (AvgIpc) is 2.34. The van der Waals surface area contributed by atoms with E-state index in [2.05, 4.69) is 21.8 Å². The Kier molecular flexibility index (Phi) is 6.07. The van der Waals surface area contributed by atoms with Gasteiger partial charge in [-0.25, -0.2) is 9.97 Å². The van der Waals surface area contributed by atoms with Gasteiger partial charge < -0.3 is 15.4 Å². The van der Waals surface area contributed by atoms with E-state index in [0.29, 0.717) is 17.6 Å². The predicted octanol–water partition coefficient (Wildman–Crippen LogP) is 1.64. The van der Waals surface area contributed by atoms with Gasteiger partial charge in [-0.1, -0.05) is 11.8 Å². The maximum absolute atomic E-state index is 5.76. The van der Waals surface area contributed by atoms with Gasteiger partial charge in [0, 0.05) is 25.8 Å². The molecule has 0 fully saturated rings. The summed E-state index contributed by atoms with van der Waals surface area (Å²) in [4.78, 5) is 10.7. The van der Waals surface area contributed by atoms with Gasteiger partial charge >= 0.3 is 0 Å². The Hall–Kier alpha value is -1.01. The molecule has 0 unspecified atom stereocenters. The number of likely N-dealkylation sites (N-methyl/N-ethyl adjacent to an activating group) is 1. The molecular weight excluding hydrogens is 236 g/mol. The number of thioether (sulfide) groups is 1. The Morgan fingerprint density at radius 3 is 2.76 bits per heavy atom. The molecule has 5 nitrogen and oxygen atoms in total. The van der Waals surface area contributed by atoms with Crippen molar-refractivity contribution in [3.05, 3.63) is 6.07 Å². The molecule has 1 aromatic heterocycles. The Labute approximate surface area is 107 Å². The van der Waals surface area contributed by atoms with Gasteiger partial charge in [-0.3, -0.25) is 0 Å². The predicted molar refractivity (Wildman–Crippen MR) is 72.6 cm³/mol. The van der Waals surface area contributed by atoms with E-state index in [1.54, 1.807) is 6.07 Å². The van der Waals surface area contributed by atoms with E-state index in [1.807, 2.05) is 13.2 Å². The van der Waals surface area contributed by atoms with Crippen LogP contribution in [0, 0.1) is 0 Å². The molecule has 0 bridgehead atoms. The van der Waals surface area contributed by atoms with E-state index in [1.165, 1.54) is 11.8 Å². The van der Waals surface area contributed by atoms with Crippen LogP contribution >= 0.6 is 11.8 Å². The maximum atomic E-state index is 5.76. The van der Waals surface area contributed by atoms with Crippen LogP contribution in [0.3, 0.4) is 0 Å². The largest absolute Gasteiger partial charge is 0.383 e. The standard InChI is InChI=1S/C11H20N4OS/c1-4-15(6-7-16-5-2)10-8-9(12)13-11(14-10)17-3/h8H,4-7H2,1-3H3,(H2,12,13,14). The minimum Gasteiger partial charge on any atom is -0.383 e. The van der Waals surface area contributed by atoms with Gasteiger partial charge in [0.2, 0.25) is 0 Å². The molecule has 6 heteroatoms. The highest BCUT2D eigenvalue weighted by Crippen LogP contribution is 2.18. The van der Waals surface area contributed by atoms with Crippen molar-refractivity contribution in [2.24, 2.45) is 0 Å². The number of rotatable bonds is 7. The fourth-order valence-electron chi connectivity index (χ4n) is 1.44. The molecule has 0 aromatic carbocycles. The third-order valence-electron chi connectivity index (χ3n) is 2.31. The number of hydrogen-bond donors (Lipinski definition) is 1. The minimum atomic E-state index is 0.509. The average molecular weight is 256 g/mol. The van der Waals surface area contributed by atoms with Gasteiger partial charge in [0.15, 0.2) is 5.16 Å². The molecule has 0 atom stereocenters. The van der Waals surface area contributed by atoms with Crippen LogP contribution in [0.5, 0.6) is 0 Å². The number of hydrogen-bond acceptors (Lipinski definition) is 6. The number of nitrogens with zero attached hydrogens (tertiary/aromatic N) is 3. The first-order valence-electron chi connectivity index (χ1n) is 5.72. The molecule has 0 saturated heterocycles. The van der Waals surface area contributed by atoms with Crippen LogP contribution in [0.25, 0.3) is 0 Å². The van der Waals surface area contributed by atoms with Crippen molar-refractivity contribution in [2.75, 3.05) is 43.2 Å². The smallest absolute Gasteiger partial charge is 0.191 e. The lowest BCUT2D eigenvalue weighted by atomic mass is 10.4. The molecule has 2 N–H and O–H groups in total. The van der Waals surface area contributed by atoms with Gasteiger partial charge in [0.25, 0.3) is 0 Å². The lowest BCUT2D eigenvalue weighted by Crippen LogP contribution is -2.28. The van der Waals surface area contributed by atoms with Gasteiger partial charge in [-0.05, 0) is 20.1 Å². The van der Waals surface area contributed by atoms with Crippen LogP contribution in [0.4, 0.5) is 11.6 Å². The number of nitrogens with two attached hydrogens (primary N) is 1. The van der Waals surface area contributed by atoms with Crippen LogP contribution in [0.15, 0.2) is 11.2 Å². The molecule has 1 rings (SSSR count). The van der Waals surface area contributed by atoms with Gasteiger partial charge in [0.1, 0.15) is 11.6 Å². The molecule has 96 valence electrons. The van der Waals surface area contributed by atoms with Crippen molar-refractivity contribution >= 4 is 23.4 Å². The molecule has 0 radical (unpaired) electrons. The molecular formula is C11H20N4OS. The third kappa shape index (κ3) is 4.40. The summed E-state index contributed by atoms with van der Waals surface area (Å²) in [5.41, 5.74) is 5.76. The Bertz CT molecular complexity index is 348. The lowest BCUT2D eigenvalue weighted by molar-refractivity contribution is 0.154. The molecule has 0 spiro atoms. The summed E-state index contributed by atoms with van der Waals surface area (Å²) < 4.78 is 5.35. The Balaban J connectivity index is 2.76. The fraction of sp³-hybridized carbons (Fsp3) is 0.636. The quantitative estimate of drug-likeness (QED) is 0.454. The van der Waals surface area contributed by atoms with E-state index in [4.69, 9.17) is 10.5 Å². The van der Waals surface area contributed by atoms with Gasteiger partial charge in [-0.15, -0.1) is 0 Å². The van der Waals surface area contributed by atoms with Crippen LogP contribution in [0.1, 0.15) is 13.8 Å². The van der Waals surface area contributed by atoms with Gasteiger partial charge in [0.05, 0.1) is 6.61 Å². The fourth-order valence-corrected chi connectivity index (χ4v) is 1.82. The van der Waals surface area contributed by atoms with E-state index < -0.39 is 0 Å². The molecule has 0 aliphatic rings. The first-order chi connectivity index (χ1) is 8.21. The highest BCUT2D eigenvalue weighted by molar-refractivity contribution is 7.98. The first kappa shape index (κ1) is 14.1. The molecule has 17 heavy (non-hydrogen) atoms. The van der Waals surface area contributed by atoms with E-state index in [0.717, 1.165) is 25.5 Å². The SMILES string of the molecule is CCOCCN(CC)c1cc(N)nc(SC)n1. The van der Waals surface area contributed by atoms with Crippen LogP contribution in [0.2, 0.25) is 0 Å². The normalized spacial score (nSPS) is 10.5. The van der Waals surface area contributed by atoms with Crippen molar-refractivity contribution < 1.29 is 4.74 Å². The third-order valence-corrected chi connectivity index (χ3v) is 2.86. The Morgan fingerprint density at radius 1 is 1.41 bits per heavy atom. The van der Waals surface area contributed by atoms with Gasteiger partial charge in [-0.2, -0.15) is 0 Å². The Morgan fingerprint density at radius 2 is 2.18 bits per heavy atom. The highest BCUT2D eigenvalue weighted by Gasteiger charge is 2.08. The van der Waals surface area contributed by atoms with E-state index in [-0.39, 0.29) is 0 Å². The molecule has 0 saturated carbocycles. The summed E-state index contributed by atoms with van der Waals surface area (Å²) >= 11 is 1.49. The van der Waals surface area contributed by atoms with Crippen molar-refractivity contribution in [2.45, 2.75) is 19.0 Å². The van der Waals surface area contributed by atoms with E-state index in [9.17, 15) is 0 Å². The molecule has 0 aliphatic carbocycles. The summed E-state index contributed by atoms with van der Waals surface area (Å²) in [6.07, 6.45) is 1.94. The second kappa shape index (κ2) is 7.34. The zero-order valence-electron chi connectivity index (χ0n) is 10.6. The summed E-state index contributed by atoms with van der Waals surface area (Å²) in [7, 11) is 0. The van der Waals surface area contributed by atoms with E-state index >= 15 is 0 Å². The van der Waals surface area contributed by atoms with Crippen molar-refractivity contribution in [3.63, 3.8) is 0 Å². The summed E-state index contributed by atoms with van der Waals surface area (Å²) in [5.74, 6) is 1.37. The highest BCUT2D eigenvalue weighted by atomic mass is 32.2. The first-order valence-corrected chi connectivity index (χ1v) is 6.95. The zero-order valence-corrected chi connectivity index (χ0v) is 11.5. The second-order valence-electron chi connectivity index (χ2n) is 3.41. The summed E-state index contributed by atoms with van der Waals surface area (Å²) in [6, 6.07) is 1.80. The zero-order chi connectivity index (χ0) is 12.7. The maximum Gasteiger partial charge on any atom is 0.191 e. The topological polar surface area (TPSA) is 64.3 Å². The van der Waals surface area contributed by atoms with Crippen LogP contribution in [-0.4, -0.2) is 42.5 Å². The summed E-state index contributed by atoms with van der Waals surface area (Å²) in [5, 5.41) is 0.704. The van der Waals surface area contributed by atoms with Crippen molar-refractivity contribution in [3.8, 4) is 0 Å². The number of anilines is 2. The minimum absolute atomic E-state index is 0.509. The molecule has 0 aliphatic heterocycles. The monoisotopic (exact) mass is 256 g/mol.